The summed E-state index contributed by atoms with van der Waals surface area (Å²) in [6.45, 7) is 5.90. The largest absolute Gasteiger partial charge is 0.314 e. The zero-order valence-corrected chi connectivity index (χ0v) is 12.8. The number of nitrogens with one attached hydrogen (secondary N) is 1. The van der Waals surface area contributed by atoms with Gasteiger partial charge >= 0.3 is 0 Å². The molecule has 1 fully saturated rings. The van der Waals surface area contributed by atoms with Gasteiger partial charge in [0.05, 0.1) is 0 Å². The highest BCUT2D eigenvalue weighted by molar-refractivity contribution is 7.98. The quantitative estimate of drug-likeness (QED) is 0.682. The van der Waals surface area contributed by atoms with Gasteiger partial charge in [-0.1, -0.05) is 39.5 Å². The summed E-state index contributed by atoms with van der Waals surface area (Å²) in [5.41, 5.74) is 0. The monoisotopic (exact) mass is 257 g/mol. The summed E-state index contributed by atoms with van der Waals surface area (Å²) in [6, 6.07) is 0.807. The molecule has 3 atom stereocenters. The number of hydrogen-bond acceptors (Lipinski definition) is 2. The highest BCUT2D eigenvalue weighted by atomic mass is 32.2. The second-order valence-corrected chi connectivity index (χ2v) is 6.74. The minimum atomic E-state index is 0.807. The molecule has 1 aliphatic carbocycles. The molecule has 0 aromatic rings. The van der Waals surface area contributed by atoms with Crippen LogP contribution in [0.2, 0.25) is 0 Å². The molecule has 0 bridgehead atoms. The van der Waals surface area contributed by atoms with Crippen molar-refractivity contribution in [2.24, 2.45) is 11.8 Å². The Balaban J connectivity index is 2.17. The summed E-state index contributed by atoms with van der Waals surface area (Å²) >= 11 is 1.97. The van der Waals surface area contributed by atoms with Gasteiger partial charge in [0.15, 0.2) is 0 Å². The first-order valence-electron chi connectivity index (χ1n) is 7.48. The van der Waals surface area contributed by atoms with Gasteiger partial charge in [0.1, 0.15) is 0 Å². The van der Waals surface area contributed by atoms with Gasteiger partial charge in [-0.3, -0.25) is 0 Å². The van der Waals surface area contributed by atoms with Gasteiger partial charge in [0, 0.05) is 6.04 Å². The van der Waals surface area contributed by atoms with Crippen LogP contribution in [0.3, 0.4) is 0 Å². The van der Waals surface area contributed by atoms with Gasteiger partial charge < -0.3 is 5.32 Å². The van der Waals surface area contributed by atoms with Crippen LogP contribution in [0.15, 0.2) is 0 Å². The van der Waals surface area contributed by atoms with E-state index in [4.69, 9.17) is 0 Å². The smallest absolute Gasteiger partial charge is 0.00672 e. The molecule has 0 heterocycles. The SMILES string of the molecule is CCCC1CCCC(NCC(C)CSC)CC1. The van der Waals surface area contributed by atoms with Crippen molar-refractivity contribution in [2.45, 2.75) is 64.8 Å². The molecule has 1 aliphatic rings. The van der Waals surface area contributed by atoms with E-state index in [1.807, 2.05) is 11.8 Å². The Morgan fingerprint density at radius 3 is 2.76 bits per heavy atom. The summed E-state index contributed by atoms with van der Waals surface area (Å²) in [5, 5.41) is 3.80. The second-order valence-electron chi connectivity index (χ2n) is 5.83. The average molecular weight is 257 g/mol. The van der Waals surface area contributed by atoms with Crippen molar-refractivity contribution in [3.8, 4) is 0 Å². The molecular formula is C15H31NS. The molecule has 1 N–H and O–H groups in total. The van der Waals surface area contributed by atoms with Crippen LogP contribution >= 0.6 is 11.8 Å². The van der Waals surface area contributed by atoms with Gasteiger partial charge in [-0.25, -0.2) is 0 Å². The Morgan fingerprint density at radius 2 is 2.06 bits per heavy atom. The van der Waals surface area contributed by atoms with Crippen LogP contribution in [0.25, 0.3) is 0 Å². The summed E-state index contributed by atoms with van der Waals surface area (Å²) in [5.74, 6) is 3.13. The lowest BCUT2D eigenvalue weighted by molar-refractivity contribution is 0.401. The molecule has 17 heavy (non-hydrogen) atoms. The lowest BCUT2D eigenvalue weighted by Gasteiger charge is -2.19. The van der Waals surface area contributed by atoms with E-state index in [-0.39, 0.29) is 0 Å². The molecule has 1 saturated carbocycles. The van der Waals surface area contributed by atoms with Gasteiger partial charge in [-0.15, -0.1) is 0 Å². The third kappa shape index (κ3) is 6.71. The molecule has 0 aromatic heterocycles. The Morgan fingerprint density at radius 1 is 1.24 bits per heavy atom. The zero-order chi connectivity index (χ0) is 12.5. The normalized spacial score (nSPS) is 27.7. The van der Waals surface area contributed by atoms with Crippen LogP contribution in [-0.4, -0.2) is 24.6 Å². The van der Waals surface area contributed by atoms with Crippen LogP contribution in [0.5, 0.6) is 0 Å². The summed E-state index contributed by atoms with van der Waals surface area (Å²) in [7, 11) is 0. The van der Waals surface area contributed by atoms with E-state index in [1.54, 1.807) is 0 Å². The number of hydrogen-bond donors (Lipinski definition) is 1. The minimum Gasteiger partial charge on any atom is -0.314 e. The summed E-state index contributed by atoms with van der Waals surface area (Å²) in [6.07, 6.45) is 12.2. The molecule has 0 aliphatic heterocycles. The predicted octanol–water partition coefficient (Wildman–Crippen LogP) is 4.32. The Kier molecular flexibility index (Phi) is 8.38. The van der Waals surface area contributed by atoms with Crippen LogP contribution < -0.4 is 5.32 Å². The van der Waals surface area contributed by atoms with Gasteiger partial charge in [-0.2, -0.15) is 11.8 Å². The molecule has 0 amide bonds. The van der Waals surface area contributed by atoms with E-state index in [9.17, 15) is 0 Å². The highest BCUT2D eigenvalue weighted by Crippen LogP contribution is 2.26. The molecule has 102 valence electrons. The fourth-order valence-corrected chi connectivity index (χ4v) is 3.68. The Labute approximate surface area is 113 Å². The van der Waals surface area contributed by atoms with E-state index in [1.165, 1.54) is 57.2 Å². The van der Waals surface area contributed by atoms with Crippen molar-refractivity contribution in [2.75, 3.05) is 18.6 Å². The topological polar surface area (TPSA) is 12.0 Å². The first-order valence-corrected chi connectivity index (χ1v) is 8.88. The van der Waals surface area contributed by atoms with E-state index in [2.05, 4.69) is 25.4 Å². The lowest BCUT2D eigenvalue weighted by atomic mass is 9.95. The third-order valence-corrected chi connectivity index (χ3v) is 4.89. The van der Waals surface area contributed by atoms with E-state index < -0.39 is 0 Å². The third-order valence-electron chi connectivity index (χ3n) is 3.99. The van der Waals surface area contributed by atoms with E-state index in [0.717, 1.165) is 17.9 Å². The molecule has 0 spiro atoms. The molecule has 0 aromatic carbocycles. The zero-order valence-electron chi connectivity index (χ0n) is 12.0. The average Bonchev–Trinajstić information content (AvgIpc) is 2.53. The standard InChI is InChI=1S/C15H31NS/c1-4-6-14-7-5-8-15(10-9-14)16-11-13(2)12-17-3/h13-16H,4-12H2,1-3H3. The second kappa shape index (κ2) is 9.27. The molecule has 1 nitrogen and oxygen atoms in total. The predicted molar refractivity (Wildman–Crippen MR) is 80.8 cm³/mol. The summed E-state index contributed by atoms with van der Waals surface area (Å²) < 4.78 is 0. The van der Waals surface area contributed by atoms with Gasteiger partial charge in [-0.05, 0) is 49.7 Å². The van der Waals surface area contributed by atoms with E-state index in [0.29, 0.717) is 0 Å². The fraction of sp³-hybridized carbons (Fsp3) is 1.00. The minimum absolute atomic E-state index is 0.807. The van der Waals surface area contributed by atoms with Crippen molar-refractivity contribution >= 4 is 11.8 Å². The van der Waals surface area contributed by atoms with Crippen molar-refractivity contribution in [1.82, 2.24) is 5.32 Å². The molecule has 1 rings (SSSR count). The molecule has 2 heteroatoms. The highest BCUT2D eigenvalue weighted by Gasteiger charge is 2.18. The first-order chi connectivity index (χ1) is 8.26. The Bertz CT molecular complexity index is 184. The van der Waals surface area contributed by atoms with Crippen molar-refractivity contribution in [3.05, 3.63) is 0 Å². The van der Waals surface area contributed by atoms with Crippen molar-refractivity contribution < 1.29 is 0 Å². The molecule has 0 radical (unpaired) electrons. The van der Waals surface area contributed by atoms with E-state index >= 15 is 0 Å². The van der Waals surface area contributed by atoms with Crippen LogP contribution in [0.1, 0.15) is 58.8 Å². The van der Waals surface area contributed by atoms with Crippen LogP contribution in [0.4, 0.5) is 0 Å². The van der Waals surface area contributed by atoms with Crippen molar-refractivity contribution in [1.29, 1.82) is 0 Å². The number of thioether (sulfide) groups is 1. The Hall–Kier alpha value is 0.310. The van der Waals surface area contributed by atoms with Gasteiger partial charge in [0.2, 0.25) is 0 Å². The number of rotatable bonds is 7. The molecule has 3 unspecified atom stereocenters. The lowest BCUT2D eigenvalue weighted by Crippen LogP contribution is -2.33. The first kappa shape index (κ1) is 15.4. The van der Waals surface area contributed by atoms with Crippen molar-refractivity contribution in [3.63, 3.8) is 0 Å². The maximum absolute atomic E-state index is 3.80. The molecular weight excluding hydrogens is 226 g/mol. The maximum atomic E-state index is 3.80. The van der Waals surface area contributed by atoms with Gasteiger partial charge in [0.25, 0.3) is 0 Å². The maximum Gasteiger partial charge on any atom is 0.00672 e. The fourth-order valence-electron chi connectivity index (χ4n) is 2.99. The summed E-state index contributed by atoms with van der Waals surface area (Å²) in [4.78, 5) is 0. The van der Waals surface area contributed by atoms with Crippen LogP contribution in [0, 0.1) is 11.8 Å². The van der Waals surface area contributed by atoms with Crippen LogP contribution in [-0.2, 0) is 0 Å². The molecule has 0 saturated heterocycles.